The van der Waals surface area contributed by atoms with E-state index < -0.39 is 7.54 Å². The van der Waals surface area contributed by atoms with Gasteiger partial charge in [-0.3, -0.25) is 17.7 Å². The van der Waals surface area contributed by atoms with Crippen molar-refractivity contribution in [2.45, 2.75) is 12.8 Å². The molecule has 1 aliphatic rings. The Labute approximate surface area is 63.6 Å². The van der Waals surface area contributed by atoms with Crippen LogP contribution < -0.4 is 0 Å². The van der Waals surface area contributed by atoms with Crippen LogP contribution in [0.2, 0.25) is 0 Å². The molecule has 0 spiro atoms. The van der Waals surface area contributed by atoms with Crippen LogP contribution in [0.3, 0.4) is 0 Å². The lowest BCUT2D eigenvalue weighted by molar-refractivity contribution is -0.126. The summed E-state index contributed by atoms with van der Waals surface area (Å²) in [5.74, 6) is 0.292. The quantitative estimate of drug-likeness (QED) is 0.495. The Morgan fingerprint density at radius 1 is 1.45 bits per heavy atom. The van der Waals surface area contributed by atoms with Crippen molar-refractivity contribution in [2.75, 3.05) is 13.6 Å². The Hall–Kier alpha value is -0.675. The number of carbonyl (C=O) groups excluding carboxylic acids is 1. The molecule has 0 bridgehead atoms. The molecule has 0 aromatic carbocycles. The Balaban J connectivity index is 0.000000218. The van der Waals surface area contributed by atoms with Crippen LogP contribution >= 0.6 is 0 Å². The molecule has 1 saturated heterocycles. The standard InChI is InChI=1S/C5H9NO.BF3/c1-6-4-2-3-5(6)7;2-1(3)4/h2-4H2,1H3;. The first-order valence-electron chi connectivity index (χ1n) is 3.20. The van der Waals surface area contributed by atoms with Gasteiger partial charge in [0.25, 0.3) is 0 Å². The molecule has 0 radical (unpaired) electrons. The van der Waals surface area contributed by atoms with Gasteiger partial charge < -0.3 is 4.90 Å². The van der Waals surface area contributed by atoms with E-state index in [-0.39, 0.29) is 0 Å². The summed E-state index contributed by atoms with van der Waals surface area (Å²) in [6, 6.07) is 0. The van der Waals surface area contributed by atoms with E-state index in [4.69, 9.17) is 0 Å². The van der Waals surface area contributed by atoms with Gasteiger partial charge in [-0.15, -0.1) is 0 Å². The molecular weight excluding hydrogens is 158 g/mol. The van der Waals surface area contributed by atoms with Crippen LogP contribution in [0.5, 0.6) is 0 Å². The lowest BCUT2D eigenvalue weighted by Gasteiger charge is -2.03. The van der Waals surface area contributed by atoms with Gasteiger partial charge >= 0.3 is 7.54 Å². The van der Waals surface area contributed by atoms with Gasteiger partial charge in [0.1, 0.15) is 0 Å². The van der Waals surface area contributed by atoms with Gasteiger partial charge in [0.15, 0.2) is 0 Å². The zero-order valence-corrected chi connectivity index (χ0v) is 6.19. The van der Waals surface area contributed by atoms with Crippen LogP contribution in [0.1, 0.15) is 12.8 Å². The minimum absolute atomic E-state index is 0.292. The van der Waals surface area contributed by atoms with Gasteiger partial charge in [0, 0.05) is 20.0 Å². The summed E-state index contributed by atoms with van der Waals surface area (Å²) >= 11 is 0. The topological polar surface area (TPSA) is 20.3 Å². The smallest absolute Gasteiger partial charge is 0.346 e. The zero-order valence-electron chi connectivity index (χ0n) is 6.19. The van der Waals surface area contributed by atoms with Crippen LogP contribution in [-0.2, 0) is 4.79 Å². The number of hydrogen-bond acceptors (Lipinski definition) is 1. The van der Waals surface area contributed by atoms with Gasteiger partial charge in [-0.05, 0) is 6.42 Å². The Morgan fingerprint density at radius 3 is 2.00 bits per heavy atom. The molecule has 1 aliphatic heterocycles. The van der Waals surface area contributed by atoms with Crippen molar-refractivity contribution in [1.82, 2.24) is 4.90 Å². The molecule has 11 heavy (non-hydrogen) atoms. The molecule has 0 N–H and O–H groups in total. The van der Waals surface area contributed by atoms with Crippen LogP contribution in [0.15, 0.2) is 0 Å². The number of carbonyl (C=O) groups is 1. The van der Waals surface area contributed by atoms with E-state index >= 15 is 0 Å². The van der Waals surface area contributed by atoms with Gasteiger partial charge in [-0.2, -0.15) is 0 Å². The SMILES string of the molecule is CN1CCCC1=O.FB(F)F. The third kappa shape index (κ3) is 5.75. The molecule has 0 aromatic heterocycles. The molecule has 1 heterocycles. The maximum atomic E-state index is 10.5. The fourth-order valence-electron chi connectivity index (χ4n) is 0.783. The van der Waals surface area contributed by atoms with Crippen LogP contribution in [0.25, 0.3) is 0 Å². The second kappa shape index (κ2) is 5.04. The molecule has 0 saturated carbocycles. The Kier molecular flexibility index (Phi) is 4.73. The van der Waals surface area contributed by atoms with Gasteiger partial charge in [-0.1, -0.05) is 0 Å². The van der Waals surface area contributed by atoms with Gasteiger partial charge in [0.2, 0.25) is 5.91 Å². The van der Waals surface area contributed by atoms with Crippen molar-refractivity contribution in [3.63, 3.8) is 0 Å². The Morgan fingerprint density at radius 2 is 1.91 bits per heavy atom. The highest BCUT2D eigenvalue weighted by atomic mass is 19.4. The van der Waals surface area contributed by atoms with Gasteiger partial charge in [-0.25, -0.2) is 0 Å². The fraction of sp³-hybridized carbons (Fsp3) is 0.800. The van der Waals surface area contributed by atoms with Crippen molar-refractivity contribution in [3.05, 3.63) is 0 Å². The lowest BCUT2D eigenvalue weighted by atomic mass is 10.4. The predicted octanol–water partition coefficient (Wildman–Crippen LogP) is 1.12. The van der Waals surface area contributed by atoms with E-state index in [1.807, 2.05) is 7.05 Å². The van der Waals surface area contributed by atoms with Crippen LogP contribution in [-0.4, -0.2) is 31.9 Å². The monoisotopic (exact) mass is 167 g/mol. The minimum atomic E-state index is -3.67. The molecule has 2 nitrogen and oxygen atoms in total. The number of nitrogens with zero attached hydrogens (tertiary/aromatic N) is 1. The fourth-order valence-corrected chi connectivity index (χ4v) is 0.783. The third-order valence-corrected chi connectivity index (χ3v) is 1.31. The molecule has 0 aliphatic carbocycles. The molecule has 64 valence electrons. The maximum absolute atomic E-state index is 10.5. The molecular formula is C5H9BF3NO. The van der Waals surface area contributed by atoms with Crippen LogP contribution in [0.4, 0.5) is 12.9 Å². The number of rotatable bonds is 0. The van der Waals surface area contributed by atoms with E-state index in [1.54, 1.807) is 4.90 Å². The van der Waals surface area contributed by atoms with Crippen molar-refractivity contribution < 1.29 is 17.7 Å². The lowest BCUT2D eigenvalue weighted by Crippen LogP contribution is -2.17. The number of halogens is 3. The maximum Gasteiger partial charge on any atom is 0.762 e. The summed E-state index contributed by atoms with van der Waals surface area (Å²) in [6.07, 6.45) is 1.81. The first kappa shape index (κ1) is 10.3. The van der Waals surface area contributed by atoms with Gasteiger partial charge in [0.05, 0.1) is 0 Å². The molecule has 6 heteroatoms. The summed E-state index contributed by atoms with van der Waals surface area (Å²) in [5, 5.41) is 0. The third-order valence-electron chi connectivity index (χ3n) is 1.31. The largest absolute Gasteiger partial charge is 0.762 e. The highest BCUT2D eigenvalue weighted by Gasteiger charge is 2.14. The molecule has 1 fully saturated rings. The first-order chi connectivity index (χ1) is 5.04. The average Bonchev–Trinajstić information content (AvgIpc) is 2.15. The Bertz CT molecular complexity index is 130. The summed E-state index contributed by atoms with van der Waals surface area (Å²) in [6.45, 7) is 0.957. The van der Waals surface area contributed by atoms with Crippen molar-refractivity contribution in [2.24, 2.45) is 0 Å². The van der Waals surface area contributed by atoms with Crippen molar-refractivity contribution >= 4 is 13.5 Å². The second-order valence-electron chi connectivity index (χ2n) is 2.17. The second-order valence-corrected chi connectivity index (χ2v) is 2.17. The number of amides is 1. The number of hydrogen-bond donors (Lipinski definition) is 0. The molecule has 1 rings (SSSR count). The minimum Gasteiger partial charge on any atom is -0.346 e. The van der Waals surface area contributed by atoms with E-state index in [9.17, 15) is 17.7 Å². The number of likely N-dealkylation sites (tertiary alicyclic amines) is 1. The van der Waals surface area contributed by atoms with Crippen molar-refractivity contribution in [3.8, 4) is 0 Å². The molecule has 0 aromatic rings. The van der Waals surface area contributed by atoms with E-state index in [1.165, 1.54) is 0 Å². The van der Waals surface area contributed by atoms with E-state index in [0.717, 1.165) is 19.4 Å². The summed E-state index contributed by atoms with van der Waals surface area (Å²) in [5.41, 5.74) is 0. The average molecular weight is 167 g/mol. The highest BCUT2D eigenvalue weighted by Crippen LogP contribution is 2.04. The summed E-state index contributed by atoms with van der Waals surface area (Å²) < 4.78 is 29.0. The zero-order chi connectivity index (χ0) is 8.85. The van der Waals surface area contributed by atoms with Crippen molar-refractivity contribution in [1.29, 1.82) is 0 Å². The molecule has 1 amide bonds. The molecule has 0 unspecified atom stereocenters. The normalized spacial score (nSPS) is 16.0. The first-order valence-corrected chi connectivity index (χ1v) is 3.20. The van der Waals surface area contributed by atoms with E-state index in [2.05, 4.69) is 0 Å². The summed E-state index contributed by atoms with van der Waals surface area (Å²) in [4.78, 5) is 12.3. The van der Waals surface area contributed by atoms with Crippen LogP contribution in [0, 0.1) is 0 Å². The molecule has 0 atom stereocenters. The highest BCUT2D eigenvalue weighted by molar-refractivity contribution is 6.33. The predicted molar refractivity (Wildman–Crippen MR) is 35.9 cm³/mol. The van der Waals surface area contributed by atoms with E-state index in [0.29, 0.717) is 5.91 Å². The summed E-state index contributed by atoms with van der Waals surface area (Å²) in [7, 11) is -1.82.